The number of halogens is 2. The predicted molar refractivity (Wildman–Crippen MR) is 96.6 cm³/mol. The van der Waals surface area contributed by atoms with Crippen LogP contribution in [0.3, 0.4) is 0 Å². The van der Waals surface area contributed by atoms with Crippen LogP contribution in [0.25, 0.3) is 10.6 Å². The molecule has 5 nitrogen and oxygen atoms in total. The number of nitrogens with zero attached hydrogens (tertiary/aromatic N) is 1. The van der Waals surface area contributed by atoms with E-state index in [4.69, 9.17) is 4.42 Å². The zero-order valence-electron chi connectivity index (χ0n) is 12.4. The van der Waals surface area contributed by atoms with Gasteiger partial charge in [-0.1, -0.05) is 11.6 Å². The minimum absolute atomic E-state index is 0. The number of hydrogen-bond acceptors (Lipinski definition) is 5. The second-order valence-electron chi connectivity index (χ2n) is 4.93. The topological polar surface area (TPSA) is 67.2 Å². The van der Waals surface area contributed by atoms with Gasteiger partial charge in [-0.2, -0.15) is 0 Å². The molecule has 1 aliphatic heterocycles. The highest BCUT2D eigenvalue weighted by atomic mass is 35.5. The number of carbonyl (C=O) groups is 1. The number of carbonyl (C=O) groups excluding carboxylic acids is 1. The third-order valence-electron chi connectivity index (χ3n) is 3.33. The molecule has 0 aromatic carbocycles. The molecule has 23 heavy (non-hydrogen) atoms. The number of furan rings is 1. The molecule has 0 unspecified atom stereocenters. The summed E-state index contributed by atoms with van der Waals surface area (Å²) in [6.07, 6.45) is 6.74. The molecule has 0 fully saturated rings. The molecule has 2 aromatic heterocycles. The third kappa shape index (κ3) is 5.66. The van der Waals surface area contributed by atoms with Crippen LogP contribution in [0, 0.1) is 0 Å². The number of aromatic nitrogens is 1. The molecule has 3 heterocycles. The van der Waals surface area contributed by atoms with Crippen molar-refractivity contribution in [1.82, 2.24) is 15.6 Å². The summed E-state index contributed by atoms with van der Waals surface area (Å²) in [5.74, 6) is 0.0125. The van der Waals surface area contributed by atoms with Gasteiger partial charge >= 0.3 is 0 Å². The van der Waals surface area contributed by atoms with Crippen LogP contribution >= 0.6 is 36.2 Å². The van der Waals surface area contributed by atoms with Crippen LogP contribution in [-0.4, -0.2) is 30.5 Å². The van der Waals surface area contributed by atoms with Gasteiger partial charge in [-0.05, 0) is 19.0 Å². The lowest BCUT2D eigenvalue weighted by Crippen LogP contribution is -2.30. The largest absolute Gasteiger partial charge is 0.472 e. The maximum Gasteiger partial charge on any atom is 0.226 e. The Labute approximate surface area is 151 Å². The lowest BCUT2D eigenvalue weighted by molar-refractivity contribution is -0.120. The monoisotopic (exact) mass is 375 g/mol. The van der Waals surface area contributed by atoms with E-state index < -0.39 is 0 Å². The standard InChI is InChI=1S/C15H17N3O2S.2ClH/c19-14(17-8-11-1-4-16-5-2-11)7-13-10-21-15(18-13)12-3-6-20-9-12;;/h1,3,6,9-10,16H,2,4-5,7-8H2,(H,17,19);2*1H. The molecular formula is C15H19Cl2N3O2S. The van der Waals surface area contributed by atoms with E-state index in [1.165, 1.54) is 16.9 Å². The molecule has 1 amide bonds. The Morgan fingerprint density at radius 2 is 2.30 bits per heavy atom. The molecule has 126 valence electrons. The Kier molecular flexibility index (Phi) is 8.33. The first-order valence-electron chi connectivity index (χ1n) is 6.93. The average Bonchev–Trinajstić information content (AvgIpc) is 3.17. The number of amides is 1. The van der Waals surface area contributed by atoms with Gasteiger partial charge in [-0.25, -0.2) is 4.98 Å². The van der Waals surface area contributed by atoms with Gasteiger partial charge in [0, 0.05) is 24.0 Å². The molecule has 2 aromatic rings. The smallest absolute Gasteiger partial charge is 0.226 e. The van der Waals surface area contributed by atoms with E-state index in [9.17, 15) is 4.79 Å². The number of thiazole rings is 1. The van der Waals surface area contributed by atoms with Gasteiger partial charge in [0.25, 0.3) is 0 Å². The summed E-state index contributed by atoms with van der Waals surface area (Å²) in [5, 5.41) is 9.01. The number of nitrogens with one attached hydrogen (secondary N) is 2. The second kappa shape index (κ2) is 9.72. The molecule has 3 rings (SSSR count). The molecule has 0 atom stereocenters. The predicted octanol–water partition coefficient (Wildman–Crippen LogP) is 2.83. The number of rotatable bonds is 5. The Morgan fingerprint density at radius 3 is 3.00 bits per heavy atom. The first kappa shape index (κ1) is 19.7. The Hall–Kier alpha value is -1.34. The van der Waals surface area contributed by atoms with Crippen molar-refractivity contribution in [3.63, 3.8) is 0 Å². The van der Waals surface area contributed by atoms with Crippen molar-refractivity contribution in [1.29, 1.82) is 0 Å². The van der Waals surface area contributed by atoms with Crippen molar-refractivity contribution in [2.45, 2.75) is 12.8 Å². The first-order valence-corrected chi connectivity index (χ1v) is 7.81. The molecule has 2 N–H and O–H groups in total. The van der Waals surface area contributed by atoms with Crippen LogP contribution in [0.2, 0.25) is 0 Å². The van der Waals surface area contributed by atoms with Crippen LogP contribution in [-0.2, 0) is 11.2 Å². The van der Waals surface area contributed by atoms with Crippen molar-refractivity contribution >= 4 is 42.1 Å². The van der Waals surface area contributed by atoms with Crippen molar-refractivity contribution < 1.29 is 9.21 Å². The van der Waals surface area contributed by atoms with Crippen LogP contribution in [0.4, 0.5) is 0 Å². The Bertz CT molecular complexity index is 641. The van der Waals surface area contributed by atoms with E-state index in [1.807, 2.05) is 11.4 Å². The van der Waals surface area contributed by atoms with Gasteiger partial charge < -0.3 is 15.1 Å². The molecule has 1 aliphatic rings. The maximum atomic E-state index is 11.9. The van der Waals surface area contributed by atoms with E-state index in [-0.39, 0.29) is 30.7 Å². The Morgan fingerprint density at radius 1 is 1.43 bits per heavy atom. The zero-order chi connectivity index (χ0) is 14.5. The summed E-state index contributed by atoms with van der Waals surface area (Å²) >= 11 is 1.52. The summed E-state index contributed by atoms with van der Waals surface area (Å²) in [5.41, 5.74) is 3.04. The van der Waals surface area contributed by atoms with Crippen molar-refractivity contribution in [2.24, 2.45) is 0 Å². The normalized spacial score (nSPS) is 13.5. The van der Waals surface area contributed by atoms with E-state index in [0.717, 1.165) is 35.8 Å². The fourth-order valence-electron chi connectivity index (χ4n) is 2.18. The number of hydrogen-bond donors (Lipinski definition) is 2. The second-order valence-corrected chi connectivity index (χ2v) is 5.78. The first-order chi connectivity index (χ1) is 10.3. The average molecular weight is 376 g/mol. The fourth-order valence-corrected chi connectivity index (χ4v) is 2.98. The minimum atomic E-state index is 0. The molecular weight excluding hydrogens is 357 g/mol. The van der Waals surface area contributed by atoms with E-state index in [1.54, 1.807) is 12.5 Å². The quantitative estimate of drug-likeness (QED) is 0.788. The van der Waals surface area contributed by atoms with Gasteiger partial charge in [0.1, 0.15) is 11.3 Å². The lowest BCUT2D eigenvalue weighted by atomic mass is 10.1. The molecule has 0 aliphatic carbocycles. The van der Waals surface area contributed by atoms with Crippen LogP contribution < -0.4 is 10.6 Å². The molecule has 8 heteroatoms. The van der Waals surface area contributed by atoms with Crippen molar-refractivity contribution in [3.8, 4) is 10.6 Å². The molecule has 0 radical (unpaired) electrons. The van der Waals surface area contributed by atoms with Crippen LogP contribution in [0.5, 0.6) is 0 Å². The van der Waals surface area contributed by atoms with Crippen LogP contribution in [0.15, 0.2) is 40.0 Å². The SMILES string of the molecule is Cl.Cl.O=C(Cc1csc(-c2ccoc2)n1)NCC1=CCNCC1. The van der Waals surface area contributed by atoms with Gasteiger partial charge in [-0.15, -0.1) is 36.2 Å². The van der Waals surface area contributed by atoms with E-state index >= 15 is 0 Å². The fraction of sp³-hybridized carbons (Fsp3) is 0.333. The van der Waals surface area contributed by atoms with Gasteiger partial charge in [-0.3, -0.25) is 4.79 Å². The molecule has 0 spiro atoms. The molecule has 0 saturated heterocycles. The van der Waals surface area contributed by atoms with Gasteiger partial charge in [0.15, 0.2) is 0 Å². The highest BCUT2D eigenvalue weighted by Crippen LogP contribution is 2.24. The van der Waals surface area contributed by atoms with Gasteiger partial charge in [0.05, 0.1) is 18.4 Å². The maximum absolute atomic E-state index is 11.9. The molecule has 0 saturated carbocycles. The summed E-state index contributed by atoms with van der Waals surface area (Å²) in [4.78, 5) is 16.4. The summed E-state index contributed by atoms with van der Waals surface area (Å²) in [7, 11) is 0. The Balaban J connectivity index is 0.00000132. The minimum Gasteiger partial charge on any atom is -0.472 e. The zero-order valence-corrected chi connectivity index (χ0v) is 14.9. The highest BCUT2D eigenvalue weighted by Gasteiger charge is 2.10. The van der Waals surface area contributed by atoms with E-state index in [2.05, 4.69) is 21.7 Å². The summed E-state index contributed by atoms with van der Waals surface area (Å²) in [6, 6.07) is 1.87. The van der Waals surface area contributed by atoms with Crippen molar-refractivity contribution in [2.75, 3.05) is 19.6 Å². The summed E-state index contributed by atoms with van der Waals surface area (Å²) in [6.45, 7) is 2.52. The van der Waals surface area contributed by atoms with Crippen LogP contribution in [0.1, 0.15) is 12.1 Å². The lowest BCUT2D eigenvalue weighted by Gasteiger charge is -2.14. The van der Waals surface area contributed by atoms with E-state index in [0.29, 0.717) is 13.0 Å². The highest BCUT2D eigenvalue weighted by molar-refractivity contribution is 7.13. The third-order valence-corrected chi connectivity index (χ3v) is 4.27. The molecule has 0 bridgehead atoms. The summed E-state index contributed by atoms with van der Waals surface area (Å²) < 4.78 is 5.04. The van der Waals surface area contributed by atoms with Crippen molar-refractivity contribution in [3.05, 3.63) is 41.3 Å². The van der Waals surface area contributed by atoms with Gasteiger partial charge in [0.2, 0.25) is 5.91 Å².